The first-order valence-electron chi connectivity index (χ1n) is 9.14. The molecule has 2 aromatic rings. The van der Waals surface area contributed by atoms with E-state index in [2.05, 4.69) is 18.2 Å². The molecule has 0 saturated heterocycles. The fraction of sp³-hybridized carbons (Fsp3) is 0.381. The van der Waals surface area contributed by atoms with Crippen molar-refractivity contribution in [2.24, 2.45) is 0 Å². The van der Waals surface area contributed by atoms with Crippen molar-refractivity contribution >= 4 is 17.7 Å². The largest absolute Gasteiger partial charge is 0.454 e. The first-order chi connectivity index (χ1) is 12.7. The molecule has 1 aliphatic carbocycles. The van der Waals surface area contributed by atoms with Gasteiger partial charge in [0.1, 0.15) is 0 Å². The van der Waals surface area contributed by atoms with E-state index in [0.717, 1.165) is 17.1 Å². The predicted molar refractivity (Wildman–Crippen MR) is 103 cm³/mol. The van der Waals surface area contributed by atoms with Crippen LogP contribution < -0.4 is 9.47 Å². The number of benzene rings is 2. The van der Waals surface area contributed by atoms with Gasteiger partial charge in [-0.2, -0.15) is 0 Å². The number of carbonyl (C=O) groups excluding carboxylic acids is 1. The Morgan fingerprint density at radius 2 is 1.92 bits per heavy atom. The van der Waals surface area contributed by atoms with Crippen molar-refractivity contribution in [3.63, 3.8) is 0 Å². The third-order valence-electron chi connectivity index (χ3n) is 4.98. The molecule has 2 aliphatic rings. The van der Waals surface area contributed by atoms with Gasteiger partial charge >= 0.3 is 0 Å². The summed E-state index contributed by atoms with van der Waals surface area (Å²) in [6.45, 7) is 3.58. The Morgan fingerprint density at radius 1 is 1.08 bits per heavy atom. The number of carbonyl (C=O) groups is 1. The van der Waals surface area contributed by atoms with Gasteiger partial charge in [-0.05, 0) is 67.1 Å². The van der Waals surface area contributed by atoms with Crippen LogP contribution in [0.15, 0.2) is 41.3 Å². The highest BCUT2D eigenvalue weighted by atomic mass is 32.2. The Morgan fingerprint density at radius 3 is 2.81 bits per heavy atom. The summed E-state index contributed by atoms with van der Waals surface area (Å²) in [4.78, 5) is 15.7. The van der Waals surface area contributed by atoms with Crippen LogP contribution in [0.1, 0.15) is 30.0 Å². The second-order valence-corrected chi connectivity index (χ2v) is 7.72. The molecular weight excluding hydrogens is 346 g/mol. The van der Waals surface area contributed by atoms with E-state index in [0.29, 0.717) is 18.8 Å². The summed E-state index contributed by atoms with van der Waals surface area (Å²) in [5.74, 6) is 2.17. The van der Waals surface area contributed by atoms with Gasteiger partial charge in [-0.15, -0.1) is 11.8 Å². The predicted octanol–water partition coefficient (Wildman–Crippen LogP) is 4.04. The van der Waals surface area contributed by atoms with Gasteiger partial charge in [0.15, 0.2) is 11.5 Å². The zero-order valence-corrected chi connectivity index (χ0v) is 15.8. The summed E-state index contributed by atoms with van der Waals surface area (Å²) in [5, 5.41) is 0. The molecule has 1 aliphatic heterocycles. The molecule has 0 saturated carbocycles. The fourth-order valence-corrected chi connectivity index (χ4v) is 4.37. The van der Waals surface area contributed by atoms with Gasteiger partial charge in [-0.3, -0.25) is 4.79 Å². The third kappa shape index (κ3) is 3.68. The lowest BCUT2D eigenvalue weighted by Crippen LogP contribution is -2.31. The first-order valence-corrected chi connectivity index (χ1v) is 10.1. The number of rotatable bonds is 6. The zero-order chi connectivity index (χ0) is 17.9. The molecule has 0 radical (unpaired) electrons. The van der Waals surface area contributed by atoms with E-state index in [9.17, 15) is 4.79 Å². The van der Waals surface area contributed by atoms with E-state index >= 15 is 0 Å². The van der Waals surface area contributed by atoms with Gasteiger partial charge in [0.2, 0.25) is 12.7 Å². The Kier molecular flexibility index (Phi) is 5.07. The highest BCUT2D eigenvalue weighted by Gasteiger charge is 2.17. The van der Waals surface area contributed by atoms with Gasteiger partial charge in [-0.25, -0.2) is 0 Å². The summed E-state index contributed by atoms with van der Waals surface area (Å²) in [5.41, 5.74) is 3.99. The number of hydrogen-bond acceptors (Lipinski definition) is 4. The minimum absolute atomic E-state index is 0.163. The van der Waals surface area contributed by atoms with Crippen LogP contribution in [0.3, 0.4) is 0 Å². The summed E-state index contributed by atoms with van der Waals surface area (Å²) < 4.78 is 10.8. The van der Waals surface area contributed by atoms with Gasteiger partial charge in [0, 0.05) is 18.0 Å². The van der Waals surface area contributed by atoms with Crippen molar-refractivity contribution in [1.29, 1.82) is 0 Å². The lowest BCUT2D eigenvalue weighted by molar-refractivity contribution is -0.128. The number of amides is 1. The average Bonchev–Trinajstić information content (AvgIpc) is 3.32. The lowest BCUT2D eigenvalue weighted by atomic mass is 10.1. The topological polar surface area (TPSA) is 38.8 Å². The minimum Gasteiger partial charge on any atom is -0.454 e. The highest BCUT2D eigenvalue weighted by Crippen LogP contribution is 2.33. The van der Waals surface area contributed by atoms with Crippen molar-refractivity contribution in [2.75, 3.05) is 19.1 Å². The van der Waals surface area contributed by atoms with Crippen molar-refractivity contribution in [1.82, 2.24) is 4.90 Å². The Hall–Kier alpha value is -2.14. The second-order valence-electron chi connectivity index (χ2n) is 6.67. The summed E-state index contributed by atoms with van der Waals surface area (Å²) >= 11 is 1.63. The van der Waals surface area contributed by atoms with E-state index in [1.54, 1.807) is 11.8 Å². The quantitative estimate of drug-likeness (QED) is 0.720. The standard InChI is InChI=1S/C21H23NO3S/c1-2-22(12-15-6-9-19-20(10-15)25-14-24-19)21(23)13-26-18-8-7-16-4-3-5-17(16)11-18/h6-11H,2-5,12-14H2,1H3. The molecule has 26 heavy (non-hydrogen) atoms. The third-order valence-corrected chi connectivity index (χ3v) is 5.96. The summed E-state index contributed by atoms with van der Waals surface area (Å²) in [6, 6.07) is 12.5. The molecule has 0 unspecified atom stereocenters. The molecular formula is C21H23NO3S. The zero-order valence-electron chi connectivity index (χ0n) is 15.0. The molecule has 136 valence electrons. The Bertz CT molecular complexity index is 821. The second kappa shape index (κ2) is 7.62. The number of aryl methyl sites for hydroxylation is 2. The highest BCUT2D eigenvalue weighted by molar-refractivity contribution is 8.00. The molecule has 0 aromatic heterocycles. The molecule has 4 rings (SSSR count). The molecule has 2 aromatic carbocycles. The lowest BCUT2D eigenvalue weighted by Gasteiger charge is -2.21. The van der Waals surface area contributed by atoms with Crippen LogP contribution in [0.5, 0.6) is 11.5 Å². The van der Waals surface area contributed by atoms with Crippen LogP contribution in [-0.2, 0) is 24.2 Å². The minimum atomic E-state index is 0.163. The van der Waals surface area contributed by atoms with Crippen LogP contribution in [-0.4, -0.2) is 29.9 Å². The van der Waals surface area contributed by atoms with Crippen LogP contribution in [0, 0.1) is 0 Å². The molecule has 5 heteroatoms. The number of nitrogens with zero attached hydrogens (tertiary/aromatic N) is 1. The Balaban J connectivity index is 1.36. The van der Waals surface area contributed by atoms with E-state index in [1.165, 1.54) is 35.3 Å². The molecule has 0 bridgehead atoms. The normalized spacial score (nSPS) is 14.3. The van der Waals surface area contributed by atoms with Gasteiger partial charge < -0.3 is 14.4 Å². The summed E-state index contributed by atoms with van der Waals surface area (Å²) in [7, 11) is 0. The monoisotopic (exact) mass is 369 g/mol. The maximum atomic E-state index is 12.7. The smallest absolute Gasteiger partial charge is 0.233 e. The molecule has 0 N–H and O–H groups in total. The van der Waals surface area contributed by atoms with Crippen LogP contribution in [0.4, 0.5) is 0 Å². The van der Waals surface area contributed by atoms with Crippen molar-refractivity contribution in [3.05, 3.63) is 53.1 Å². The molecule has 4 nitrogen and oxygen atoms in total. The molecule has 0 fully saturated rings. The Labute approximate surface area is 158 Å². The maximum Gasteiger partial charge on any atom is 0.233 e. The maximum absolute atomic E-state index is 12.7. The van der Waals surface area contributed by atoms with E-state index in [-0.39, 0.29) is 12.7 Å². The van der Waals surface area contributed by atoms with Gasteiger partial charge in [-0.1, -0.05) is 12.1 Å². The SMILES string of the molecule is CCN(Cc1ccc2c(c1)OCO2)C(=O)CSc1ccc2c(c1)CCC2. The number of thioether (sulfide) groups is 1. The van der Waals surface area contributed by atoms with E-state index in [4.69, 9.17) is 9.47 Å². The number of fused-ring (bicyclic) bond motifs is 2. The van der Waals surface area contributed by atoms with Gasteiger partial charge in [0.25, 0.3) is 0 Å². The average molecular weight is 369 g/mol. The van der Waals surface area contributed by atoms with Gasteiger partial charge in [0.05, 0.1) is 5.75 Å². The van der Waals surface area contributed by atoms with E-state index in [1.807, 2.05) is 30.0 Å². The summed E-state index contributed by atoms with van der Waals surface area (Å²) in [6.07, 6.45) is 3.61. The first kappa shape index (κ1) is 17.3. The van der Waals surface area contributed by atoms with Crippen molar-refractivity contribution < 1.29 is 14.3 Å². The number of ether oxygens (including phenoxy) is 2. The van der Waals surface area contributed by atoms with Crippen LogP contribution in [0.25, 0.3) is 0 Å². The van der Waals surface area contributed by atoms with Crippen LogP contribution in [0.2, 0.25) is 0 Å². The molecule has 0 spiro atoms. The number of hydrogen-bond donors (Lipinski definition) is 0. The van der Waals surface area contributed by atoms with Crippen molar-refractivity contribution in [3.8, 4) is 11.5 Å². The molecule has 0 atom stereocenters. The fourth-order valence-electron chi connectivity index (χ4n) is 3.51. The molecule has 1 heterocycles. The molecule has 1 amide bonds. The van der Waals surface area contributed by atoms with Crippen molar-refractivity contribution in [2.45, 2.75) is 37.6 Å². The van der Waals surface area contributed by atoms with E-state index < -0.39 is 0 Å². The van der Waals surface area contributed by atoms with Crippen LogP contribution >= 0.6 is 11.8 Å².